The van der Waals surface area contributed by atoms with E-state index in [1.54, 1.807) is 0 Å². The van der Waals surface area contributed by atoms with Gasteiger partial charge in [-0.25, -0.2) is 0 Å². The van der Waals surface area contributed by atoms with Gasteiger partial charge < -0.3 is 5.11 Å². The van der Waals surface area contributed by atoms with Gasteiger partial charge in [0.1, 0.15) is 0 Å². The molecular weight excluding hydrogens is 136 g/mol. The zero-order valence-corrected chi connectivity index (χ0v) is 6.92. The molecule has 0 bridgehead atoms. The molecule has 0 aromatic rings. The van der Waals surface area contributed by atoms with E-state index in [2.05, 4.69) is 0 Å². The van der Waals surface area contributed by atoms with E-state index in [1.807, 2.05) is 0 Å². The summed E-state index contributed by atoms with van der Waals surface area (Å²) in [6, 6.07) is 0. The quantitative estimate of drug-likeness (QED) is 0.641. The third kappa shape index (κ3) is 0.807. The first-order chi connectivity index (χ1) is 5.31. The normalized spacial score (nSPS) is 54.3. The standard InChI is InChI=1S/C10H16O/c11-10(6-7-4-5-7)8-2-1-3-9(8)10/h7-9,11H,1-6H2. The van der Waals surface area contributed by atoms with Crippen molar-refractivity contribution in [2.45, 2.75) is 44.1 Å². The fourth-order valence-corrected chi connectivity index (χ4v) is 3.13. The fraction of sp³-hybridized carbons (Fsp3) is 1.00. The van der Waals surface area contributed by atoms with E-state index in [0.717, 1.165) is 24.2 Å². The molecule has 1 N–H and O–H groups in total. The van der Waals surface area contributed by atoms with Crippen molar-refractivity contribution in [1.82, 2.24) is 0 Å². The second-order valence-electron chi connectivity index (χ2n) is 4.78. The Morgan fingerprint density at radius 2 is 1.73 bits per heavy atom. The maximum atomic E-state index is 10.1. The Morgan fingerprint density at radius 1 is 1.09 bits per heavy atom. The number of fused-ring (bicyclic) bond motifs is 1. The van der Waals surface area contributed by atoms with Gasteiger partial charge in [0.15, 0.2) is 0 Å². The molecule has 3 aliphatic carbocycles. The molecule has 0 saturated heterocycles. The average Bonchev–Trinajstić information content (AvgIpc) is 2.82. The van der Waals surface area contributed by atoms with E-state index in [4.69, 9.17) is 0 Å². The minimum absolute atomic E-state index is 0.153. The Balaban J connectivity index is 1.68. The molecule has 0 radical (unpaired) electrons. The van der Waals surface area contributed by atoms with Crippen LogP contribution in [0.15, 0.2) is 0 Å². The first-order valence-corrected chi connectivity index (χ1v) is 5.03. The lowest BCUT2D eigenvalue weighted by Crippen LogP contribution is -2.16. The third-order valence-electron chi connectivity index (χ3n) is 4.00. The summed E-state index contributed by atoms with van der Waals surface area (Å²) in [6.45, 7) is 0. The van der Waals surface area contributed by atoms with Crippen LogP contribution in [0.4, 0.5) is 0 Å². The van der Waals surface area contributed by atoms with Crippen molar-refractivity contribution in [3.05, 3.63) is 0 Å². The van der Waals surface area contributed by atoms with Gasteiger partial charge in [-0.05, 0) is 37.0 Å². The largest absolute Gasteiger partial charge is 0.389 e. The van der Waals surface area contributed by atoms with Gasteiger partial charge in [-0.15, -0.1) is 0 Å². The molecule has 0 aromatic carbocycles. The molecule has 0 aliphatic heterocycles. The molecule has 62 valence electrons. The summed E-state index contributed by atoms with van der Waals surface area (Å²) in [7, 11) is 0. The lowest BCUT2D eigenvalue weighted by Gasteiger charge is -2.12. The second-order valence-corrected chi connectivity index (χ2v) is 4.78. The summed E-state index contributed by atoms with van der Waals surface area (Å²) in [4.78, 5) is 0. The van der Waals surface area contributed by atoms with Gasteiger partial charge in [0, 0.05) is 0 Å². The average molecular weight is 152 g/mol. The molecule has 1 heteroatoms. The van der Waals surface area contributed by atoms with Crippen molar-refractivity contribution >= 4 is 0 Å². The molecule has 3 saturated carbocycles. The molecule has 11 heavy (non-hydrogen) atoms. The molecule has 0 heterocycles. The van der Waals surface area contributed by atoms with Crippen LogP contribution in [0.1, 0.15) is 38.5 Å². The van der Waals surface area contributed by atoms with Crippen molar-refractivity contribution in [2.75, 3.05) is 0 Å². The van der Waals surface area contributed by atoms with E-state index < -0.39 is 0 Å². The van der Waals surface area contributed by atoms with Crippen LogP contribution in [0.3, 0.4) is 0 Å². The Hall–Kier alpha value is -0.0400. The highest BCUT2D eigenvalue weighted by atomic mass is 16.3. The number of hydrogen-bond acceptors (Lipinski definition) is 1. The van der Waals surface area contributed by atoms with E-state index in [9.17, 15) is 5.11 Å². The second kappa shape index (κ2) is 1.82. The van der Waals surface area contributed by atoms with Crippen LogP contribution >= 0.6 is 0 Å². The third-order valence-corrected chi connectivity index (χ3v) is 4.00. The van der Waals surface area contributed by atoms with Crippen LogP contribution in [0.25, 0.3) is 0 Å². The molecule has 1 nitrogen and oxygen atoms in total. The first-order valence-electron chi connectivity index (χ1n) is 5.03. The monoisotopic (exact) mass is 152 g/mol. The van der Waals surface area contributed by atoms with Crippen molar-refractivity contribution in [3.8, 4) is 0 Å². The molecule has 0 spiro atoms. The summed E-state index contributed by atoms with van der Waals surface area (Å²) < 4.78 is 0. The summed E-state index contributed by atoms with van der Waals surface area (Å²) in [5, 5.41) is 10.1. The summed E-state index contributed by atoms with van der Waals surface area (Å²) in [5.41, 5.74) is -0.153. The van der Waals surface area contributed by atoms with Gasteiger partial charge in [-0.3, -0.25) is 0 Å². The molecule has 3 fully saturated rings. The molecular formula is C10H16O. The van der Waals surface area contributed by atoms with Crippen LogP contribution < -0.4 is 0 Å². The predicted molar refractivity (Wildman–Crippen MR) is 43.1 cm³/mol. The first kappa shape index (κ1) is 6.47. The summed E-state index contributed by atoms with van der Waals surface area (Å²) in [6.07, 6.45) is 7.93. The molecule has 0 amide bonds. The van der Waals surface area contributed by atoms with Crippen molar-refractivity contribution in [1.29, 1.82) is 0 Å². The molecule has 2 atom stereocenters. The van der Waals surface area contributed by atoms with Crippen LogP contribution in [0.5, 0.6) is 0 Å². The Bertz CT molecular complexity index is 173. The minimum Gasteiger partial charge on any atom is -0.389 e. The number of hydrogen-bond donors (Lipinski definition) is 1. The maximum absolute atomic E-state index is 10.1. The van der Waals surface area contributed by atoms with E-state index in [-0.39, 0.29) is 5.60 Å². The van der Waals surface area contributed by atoms with E-state index in [0.29, 0.717) is 0 Å². The Labute approximate surface area is 67.8 Å². The van der Waals surface area contributed by atoms with E-state index in [1.165, 1.54) is 32.1 Å². The van der Waals surface area contributed by atoms with Crippen LogP contribution in [-0.2, 0) is 0 Å². The highest BCUT2D eigenvalue weighted by Crippen LogP contribution is 2.64. The van der Waals surface area contributed by atoms with Crippen molar-refractivity contribution in [2.24, 2.45) is 17.8 Å². The lowest BCUT2D eigenvalue weighted by molar-refractivity contribution is 0.0906. The van der Waals surface area contributed by atoms with Gasteiger partial charge in [0.25, 0.3) is 0 Å². The summed E-state index contributed by atoms with van der Waals surface area (Å²) in [5.74, 6) is 2.36. The topological polar surface area (TPSA) is 20.2 Å². The SMILES string of the molecule is OC1(CC2CC2)C2CCCC21. The highest BCUT2D eigenvalue weighted by Gasteiger charge is 2.65. The van der Waals surface area contributed by atoms with Crippen LogP contribution in [0.2, 0.25) is 0 Å². The Kier molecular flexibility index (Phi) is 1.07. The van der Waals surface area contributed by atoms with Crippen molar-refractivity contribution < 1.29 is 5.11 Å². The minimum atomic E-state index is -0.153. The zero-order chi connectivity index (χ0) is 7.47. The van der Waals surface area contributed by atoms with Crippen LogP contribution in [0, 0.1) is 17.8 Å². The van der Waals surface area contributed by atoms with E-state index >= 15 is 0 Å². The molecule has 0 aromatic heterocycles. The Morgan fingerprint density at radius 3 is 2.27 bits per heavy atom. The zero-order valence-electron chi connectivity index (χ0n) is 6.92. The predicted octanol–water partition coefficient (Wildman–Crippen LogP) is 1.95. The number of aliphatic hydroxyl groups is 1. The summed E-state index contributed by atoms with van der Waals surface area (Å²) >= 11 is 0. The van der Waals surface area contributed by atoms with Gasteiger partial charge in [-0.1, -0.05) is 19.3 Å². The number of rotatable bonds is 2. The maximum Gasteiger partial charge on any atom is 0.0713 e. The van der Waals surface area contributed by atoms with Crippen molar-refractivity contribution in [3.63, 3.8) is 0 Å². The van der Waals surface area contributed by atoms with Gasteiger partial charge in [-0.2, -0.15) is 0 Å². The lowest BCUT2D eigenvalue weighted by atomic mass is 10.0. The molecule has 3 rings (SSSR count). The van der Waals surface area contributed by atoms with Gasteiger partial charge in [0.05, 0.1) is 5.60 Å². The van der Waals surface area contributed by atoms with Gasteiger partial charge in [0.2, 0.25) is 0 Å². The molecule has 3 aliphatic rings. The fourth-order valence-electron chi connectivity index (χ4n) is 3.13. The smallest absolute Gasteiger partial charge is 0.0713 e. The van der Waals surface area contributed by atoms with Crippen LogP contribution in [-0.4, -0.2) is 10.7 Å². The molecule has 2 unspecified atom stereocenters. The highest BCUT2D eigenvalue weighted by molar-refractivity contribution is 5.15. The van der Waals surface area contributed by atoms with Gasteiger partial charge >= 0.3 is 0 Å².